The second kappa shape index (κ2) is 8.06. The number of carbonyl (C=O) groups excluding carboxylic acids is 1. The molecule has 1 aliphatic rings. The van der Waals surface area contributed by atoms with Crippen molar-refractivity contribution in [3.8, 4) is 0 Å². The molecule has 154 valence electrons. The molecule has 0 spiro atoms. The molecule has 0 aromatic carbocycles. The first-order chi connectivity index (χ1) is 13.2. The van der Waals surface area contributed by atoms with Crippen LogP contribution in [0.5, 0.6) is 0 Å². The zero-order valence-electron chi connectivity index (χ0n) is 15.8. The predicted molar refractivity (Wildman–Crippen MR) is 98.8 cm³/mol. The van der Waals surface area contributed by atoms with Crippen LogP contribution in [0.4, 0.5) is 19.1 Å². The van der Waals surface area contributed by atoms with E-state index in [1.807, 2.05) is 6.92 Å². The molecule has 0 radical (unpaired) electrons. The number of alkyl halides is 3. The van der Waals surface area contributed by atoms with Crippen molar-refractivity contribution in [2.75, 3.05) is 11.9 Å². The summed E-state index contributed by atoms with van der Waals surface area (Å²) in [4.78, 5) is 20.5. The van der Waals surface area contributed by atoms with Gasteiger partial charge in [0.25, 0.3) is 0 Å². The second-order valence-corrected chi connectivity index (χ2v) is 7.59. The number of amides is 1. The summed E-state index contributed by atoms with van der Waals surface area (Å²) in [6.45, 7) is 2.09. The van der Waals surface area contributed by atoms with E-state index in [0.29, 0.717) is 24.8 Å². The number of hydrogen-bond acceptors (Lipinski definition) is 4. The largest absolute Gasteiger partial charge is 0.433 e. The van der Waals surface area contributed by atoms with Crippen molar-refractivity contribution >= 4 is 23.0 Å². The number of rotatable bonds is 8. The number of imidazole rings is 1. The molecule has 0 unspecified atom stereocenters. The van der Waals surface area contributed by atoms with E-state index in [2.05, 4.69) is 15.3 Å². The molecule has 9 heteroatoms. The van der Waals surface area contributed by atoms with Crippen molar-refractivity contribution in [3.05, 3.63) is 17.8 Å². The summed E-state index contributed by atoms with van der Waals surface area (Å²) in [6.07, 6.45) is 1.38. The maximum Gasteiger partial charge on any atom is 0.433 e. The number of hydrogen-bond donors (Lipinski definition) is 2. The lowest BCUT2D eigenvalue weighted by molar-refractivity contribution is -0.141. The van der Waals surface area contributed by atoms with Gasteiger partial charge in [-0.1, -0.05) is 12.8 Å². The van der Waals surface area contributed by atoms with E-state index >= 15 is 0 Å². The van der Waals surface area contributed by atoms with E-state index in [-0.39, 0.29) is 24.1 Å². The second-order valence-electron chi connectivity index (χ2n) is 7.59. The summed E-state index contributed by atoms with van der Waals surface area (Å²) in [6, 6.07) is 2.21. The standard InChI is InChI=1S/C19H25F3N4O2/c1-18(10-6-11-18)26-16-13(8-9-14(24-16)19(20,21)22)23-17(26)25-15(28)7-4-2-3-5-12-27/h8-9,27H,2-7,10-12H2,1H3,(H,23,25,28). The van der Waals surface area contributed by atoms with Gasteiger partial charge < -0.3 is 5.11 Å². The lowest BCUT2D eigenvalue weighted by atomic mass is 9.78. The van der Waals surface area contributed by atoms with Gasteiger partial charge in [-0.15, -0.1) is 0 Å². The molecular formula is C19H25F3N4O2. The van der Waals surface area contributed by atoms with Crippen LogP contribution >= 0.6 is 0 Å². The molecular weight excluding hydrogens is 373 g/mol. The Kier molecular flexibility index (Phi) is 5.92. The lowest BCUT2D eigenvalue weighted by Gasteiger charge is -2.40. The van der Waals surface area contributed by atoms with Crippen molar-refractivity contribution < 1.29 is 23.1 Å². The SMILES string of the molecule is CC1(n2c(NC(=O)CCCCCCO)nc3ccc(C(F)(F)F)nc32)CCC1. The highest BCUT2D eigenvalue weighted by molar-refractivity contribution is 5.91. The Morgan fingerprint density at radius 3 is 2.54 bits per heavy atom. The Morgan fingerprint density at radius 2 is 1.93 bits per heavy atom. The van der Waals surface area contributed by atoms with Crippen LogP contribution in [0.2, 0.25) is 0 Å². The summed E-state index contributed by atoms with van der Waals surface area (Å²) in [5.74, 6) is 0.0314. The van der Waals surface area contributed by atoms with E-state index in [1.165, 1.54) is 6.07 Å². The van der Waals surface area contributed by atoms with Crippen LogP contribution in [-0.4, -0.2) is 32.2 Å². The molecule has 0 aliphatic heterocycles. The molecule has 0 saturated heterocycles. The minimum absolute atomic E-state index is 0.141. The van der Waals surface area contributed by atoms with E-state index < -0.39 is 17.4 Å². The quantitative estimate of drug-likeness (QED) is 0.652. The van der Waals surface area contributed by atoms with Gasteiger partial charge in [0.15, 0.2) is 5.65 Å². The van der Waals surface area contributed by atoms with Crippen molar-refractivity contribution in [2.45, 2.75) is 70.0 Å². The summed E-state index contributed by atoms with van der Waals surface area (Å²) in [5, 5.41) is 11.5. The number of fused-ring (bicyclic) bond motifs is 1. The van der Waals surface area contributed by atoms with Crippen LogP contribution in [0.15, 0.2) is 12.1 Å². The molecule has 1 saturated carbocycles. The molecule has 2 heterocycles. The maximum atomic E-state index is 13.1. The van der Waals surface area contributed by atoms with E-state index in [0.717, 1.165) is 38.2 Å². The van der Waals surface area contributed by atoms with Crippen LogP contribution in [0, 0.1) is 0 Å². The molecule has 0 atom stereocenters. The molecule has 28 heavy (non-hydrogen) atoms. The number of halogens is 3. The molecule has 2 aromatic heterocycles. The molecule has 0 bridgehead atoms. The average molecular weight is 398 g/mol. The lowest BCUT2D eigenvalue weighted by Crippen LogP contribution is -2.38. The van der Waals surface area contributed by atoms with Crippen molar-refractivity contribution in [3.63, 3.8) is 0 Å². The van der Waals surface area contributed by atoms with Gasteiger partial charge in [0, 0.05) is 18.6 Å². The van der Waals surface area contributed by atoms with E-state index in [1.54, 1.807) is 4.57 Å². The van der Waals surface area contributed by atoms with Crippen LogP contribution in [0.3, 0.4) is 0 Å². The Morgan fingerprint density at radius 1 is 1.21 bits per heavy atom. The fourth-order valence-electron chi connectivity index (χ4n) is 3.56. The van der Waals surface area contributed by atoms with Gasteiger partial charge in [-0.3, -0.25) is 14.7 Å². The monoisotopic (exact) mass is 398 g/mol. The number of anilines is 1. The van der Waals surface area contributed by atoms with Gasteiger partial charge in [0.05, 0.1) is 0 Å². The summed E-state index contributed by atoms with van der Waals surface area (Å²) in [7, 11) is 0. The third kappa shape index (κ3) is 4.29. The Balaban J connectivity index is 1.85. The van der Waals surface area contributed by atoms with Crippen LogP contribution in [0.25, 0.3) is 11.2 Å². The maximum absolute atomic E-state index is 13.1. The van der Waals surface area contributed by atoms with Gasteiger partial charge in [-0.2, -0.15) is 13.2 Å². The Hall–Kier alpha value is -2.16. The third-order valence-electron chi connectivity index (χ3n) is 5.33. The van der Waals surface area contributed by atoms with Crippen molar-refractivity contribution in [1.82, 2.24) is 14.5 Å². The molecule has 1 fully saturated rings. The molecule has 3 rings (SSSR count). The number of nitrogens with zero attached hydrogens (tertiary/aromatic N) is 3. The predicted octanol–water partition coefficient (Wildman–Crippen LogP) is 4.23. The highest BCUT2D eigenvalue weighted by Crippen LogP contribution is 2.43. The minimum Gasteiger partial charge on any atom is -0.396 e. The molecule has 2 N–H and O–H groups in total. The highest BCUT2D eigenvalue weighted by atomic mass is 19.4. The number of aliphatic hydroxyl groups is 1. The fraction of sp³-hybridized carbons (Fsp3) is 0.632. The van der Waals surface area contributed by atoms with Gasteiger partial charge in [-0.05, 0) is 51.2 Å². The molecule has 2 aromatic rings. The van der Waals surface area contributed by atoms with Crippen LogP contribution in [-0.2, 0) is 16.5 Å². The number of pyridine rings is 1. The molecule has 6 nitrogen and oxygen atoms in total. The first-order valence-corrected chi connectivity index (χ1v) is 9.62. The number of carbonyl (C=O) groups is 1. The Bertz CT molecular complexity index is 844. The van der Waals surface area contributed by atoms with Crippen LogP contribution < -0.4 is 5.32 Å². The number of unbranched alkanes of at least 4 members (excludes halogenated alkanes) is 3. The third-order valence-corrected chi connectivity index (χ3v) is 5.33. The molecule has 1 amide bonds. The normalized spacial score (nSPS) is 16.2. The van der Waals surface area contributed by atoms with Gasteiger partial charge >= 0.3 is 6.18 Å². The summed E-state index contributed by atoms with van der Waals surface area (Å²) >= 11 is 0. The fourth-order valence-corrected chi connectivity index (χ4v) is 3.56. The number of aromatic nitrogens is 3. The van der Waals surface area contributed by atoms with Crippen molar-refractivity contribution in [2.24, 2.45) is 0 Å². The number of nitrogens with one attached hydrogen (secondary N) is 1. The van der Waals surface area contributed by atoms with Gasteiger partial charge in [0.2, 0.25) is 11.9 Å². The highest BCUT2D eigenvalue weighted by Gasteiger charge is 2.39. The zero-order valence-corrected chi connectivity index (χ0v) is 15.8. The first kappa shape index (κ1) is 20.6. The summed E-state index contributed by atoms with van der Waals surface area (Å²) < 4.78 is 41.0. The van der Waals surface area contributed by atoms with E-state index in [9.17, 15) is 18.0 Å². The first-order valence-electron chi connectivity index (χ1n) is 9.62. The minimum atomic E-state index is -4.54. The van der Waals surface area contributed by atoms with Crippen molar-refractivity contribution in [1.29, 1.82) is 0 Å². The molecule has 1 aliphatic carbocycles. The van der Waals surface area contributed by atoms with Crippen LogP contribution in [0.1, 0.15) is 64.0 Å². The topological polar surface area (TPSA) is 80.0 Å². The van der Waals surface area contributed by atoms with Gasteiger partial charge in [-0.25, -0.2) is 9.97 Å². The van der Waals surface area contributed by atoms with Gasteiger partial charge in [0.1, 0.15) is 11.2 Å². The average Bonchev–Trinajstić information content (AvgIpc) is 2.96. The zero-order chi connectivity index (χ0) is 20.4. The summed E-state index contributed by atoms with van der Waals surface area (Å²) in [5.41, 5.74) is -0.893. The Labute approximate surface area is 161 Å². The smallest absolute Gasteiger partial charge is 0.396 e. The number of aliphatic hydroxyl groups excluding tert-OH is 1. The van der Waals surface area contributed by atoms with E-state index in [4.69, 9.17) is 5.11 Å².